The number of aliphatic carboxylic acids is 1. The zero-order valence-corrected chi connectivity index (χ0v) is 14.9. The van der Waals surface area contributed by atoms with Crippen molar-refractivity contribution in [2.45, 2.75) is 25.6 Å². The average molecular weight is 396 g/mol. The van der Waals surface area contributed by atoms with E-state index in [1.54, 1.807) is 0 Å². The summed E-state index contributed by atoms with van der Waals surface area (Å²) in [6.07, 6.45) is -5.07. The molecule has 0 radical (unpaired) electrons. The molecule has 1 heterocycles. The van der Waals surface area contributed by atoms with Crippen LogP contribution in [0.5, 0.6) is 5.75 Å². The molecule has 5 nitrogen and oxygen atoms in total. The Kier molecular flexibility index (Phi) is 5.01. The Morgan fingerprint density at radius 3 is 2.61 bits per heavy atom. The van der Waals surface area contributed by atoms with Crippen molar-refractivity contribution in [3.05, 3.63) is 53.3 Å². The van der Waals surface area contributed by atoms with Crippen molar-refractivity contribution in [1.29, 1.82) is 0 Å². The maximum atomic E-state index is 14.2. The number of alkyl halides is 3. The van der Waals surface area contributed by atoms with Gasteiger partial charge in [0.15, 0.2) is 0 Å². The Hall–Kier alpha value is -3.10. The van der Waals surface area contributed by atoms with Gasteiger partial charge in [-0.15, -0.1) is 0 Å². The molecule has 1 aliphatic heterocycles. The van der Waals surface area contributed by atoms with Crippen molar-refractivity contribution in [2.24, 2.45) is 4.99 Å². The third-order valence-electron chi connectivity index (χ3n) is 4.44. The second kappa shape index (κ2) is 7.14. The lowest BCUT2D eigenvalue weighted by Crippen LogP contribution is -2.37. The number of benzene rings is 2. The maximum absolute atomic E-state index is 14.2. The van der Waals surface area contributed by atoms with E-state index in [0.29, 0.717) is 0 Å². The molecule has 148 valence electrons. The Labute approximate surface area is 157 Å². The Morgan fingerprint density at radius 2 is 2.00 bits per heavy atom. The van der Waals surface area contributed by atoms with Gasteiger partial charge in [0.05, 0.1) is 30.8 Å². The number of ether oxygens (including phenoxy) is 1. The van der Waals surface area contributed by atoms with Gasteiger partial charge in [-0.3, -0.25) is 4.79 Å². The largest absolute Gasteiger partial charge is 0.495 e. The lowest BCUT2D eigenvalue weighted by molar-refractivity contribution is -0.138. The number of halogens is 4. The fourth-order valence-corrected chi connectivity index (χ4v) is 3.26. The highest BCUT2D eigenvalue weighted by atomic mass is 19.4. The lowest BCUT2D eigenvalue weighted by Gasteiger charge is -2.37. The average Bonchev–Trinajstić information content (AvgIpc) is 2.61. The topological polar surface area (TPSA) is 62.1 Å². The first-order chi connectivity index (χ1) is 13.1. The molecule has 9 heteroatoms. The molecule has 0 spiro atoms. The van der Waals surface area contributed by atoms with Gasteiger partial charge >= 0.3 is 12.1 Å². The smallest absolute Gasteiger partial charge is 0.416 e. The molecule has 0 aliphatic carbocycles. The van der Waals surface area contributed by atoms with E-state index in [2.05, 4.69) is 4.99 Å². The molecule has 0 amide bonds. The van der Waals surface area contributed by atoms with E-state index >= 15 is 0 Å². The number of hydrogen-bond acceptors (Lipinski definition) is 4. The van der Waals surface area contributed by atoms with Crippen molar-refractivity contribution in [3.63, 3.8) is 0 Å². The molecule has 1 atom stereocenters. The number of hydrogen-bond donors (Lipinski definition) is 1. The number of nitrogens with zero attached hydrogens (tertiary/aromatic N) is 2. The molecule has 1 unspecified atom stereocenters. The first-order valence-electron chi connectivity index (χ1n) is 8.23. The van der Waals surface area contributed by atoms with Crippen molar-refractivity contribution in [1.82, 2.24) is 0 Å². The number of anilines is 1. The van der Waals surface area contributed by atoms with Gasteiger partial charge in [-0.05, 0) is 31.2 Å². The number of fused-ring (bicyclic) bond motifs is 1. The fourth-order valence-electron chi connectivity index (χ4n) is 3.26. The second-order valence-electron chi connectivity index (χ2n) is 6.20. The van der Waals surface area contributed by atoms with Gasteiger partial charge in [0, 0.05) is 5.56 Å². The summed E-state index contributed by atoms with van der Waals surface area (Å²) >= 11 is 0. The summed E-state index contributed by atoms with van der Waals surface area (Å²) in [5.41, 5.74) is -0.671. The zero-order valence-electron chi connectivity index (χ0n) is 14.9. The second-order valence-corrected chi connectivity index (χ2v) is 6.20. The highest BCUT2D eigenvalue weighted by molar-refractivity contribution is 6.02. The van der Waals surface area contributed by atoms with E-state index in [9.17, 15) is 27.5 Å². The number of carbonyl (C=O) groups is 1. The Morgan fingerprint density at radius 1 is 1.29 bits per heavy atom. The number of carboxylic acid groups (broad SMARTS) is 1. The molecular weight excluding hydrogens is 380 g/mol. The summed E-state index contributed by atoms with van der Waals surface area (Å²) in [5.74, 6) is -1.56. The summed E-state index contributed by atoms with van der Waals surface area (Å²) in [5, 5.41) is 9.35. The molecule has 0 aromatic heterocycles. The van der Waals surface area contributed by atoms with Gasteiger partial charge in [-0.25, -0.2) is 9.38 Å². The number of methoxy groups -OCH3 is 1. The summed E-state index contributed by atoms with van der Waals surface area (Å²) < 4.78 is 59.1. The Balaban J connectivity index is 2.24. The molecule has 28 heavy (non-hydrogen) atoms. The van der Waals surface area contributed by atoms with E-state index in [1.807, 2.05) is 0 Å². The molecule has 0 saturated carbocycles. The van der Waals surface area contributed by atoms with Crippen LogP contribution in [0, 0.1) is 5.82 Å². The number of amidine groups is 1. The van der Waals surface area contributed by atoms with Gasteiger partial charge < -0.3 is 14.7 Å². The molecule has 1 N–H and O–H groups in total. The molecular formula is C19H16F4N2O3. The predicted molar refractivity (Wildman–Crippen MR) is 94.6 cm³/mol. The van der Waals surface area contributed by atoms with Crippen LogP contribution < -0.4 is 9.64 Å². The highest BCUT2D eigenvalue weighted by Crippen LogP contribution is 2.45. The van der Waals surface area contributed by atoms with Crippen LogP contribution in [-0.2, 0) is 11.0 Å². The normalized spacial score (nSPS) is 16.4. The first-order valence-corrected chi connectivity index (χ1v) is 8.23. The summed E-state index contributed by atoms with van der Waals surface area (Å²) in [4.78, 5) is 17.0. The van der Waals surface area contributed by atoms with Gasteiger partial charge in [0.1, 0.15) is 23.1 Å². The van der Waals surface area contributed by atoms with Crippen LogP contribution in [0.3, 0.4) is 0 Å². The highest BCUT2D eigenvalue weighted by Gasteiger charge is 2.36. The van der Waals surface area contributed by atoms with E-state index in [-0.39, 0.29) is 28.5 Å². The molecule has 3 rings (SSSR count). The van der Waals surface area contributed by atoms with Gasteiger partial charge in [-0.2, -0.15) is 13.2 Å². The van der Waals surface area contributed by atoms with E-state index in [1.165, 1.54) is 37.1 Å². The summed E-state index contributed by atoms with van der Waals surface area (Å²) in [7, 11) is 1.29. The molecule has 0 saturated heterocycles. The third kappa shape index (κ3) is 3.51. The minimum Gasteiger partial charge on any atom is -0.495 e. The number of para-hydroxylation sites is 1. The van der Waals surface area contributed by atoms with Crippen molar-refractivity contribution >= 4 is 23.2 Å². The number of carboxylic acids is 1. The minimum atomic E-state index is -4.60. The van der Waals surface area contributed by atoms with E-state index in [0.717, 1.165) is 18.2 Å². The van der Waals surface area contributed by atoms with Crippen LogP contribution in [0.1, 0.15) is 30.5 Å². The quantitative estimate of drug-likeness (QED) is 0.744. The molecule has 2 aromatic rings. The zero-order chi connectivity index (χ0) is 20.6. The van der Waals surface area contributed by atoms with Gasteiger partial charge in [0.2, 0.25) is 0 Å². The number of rotatable bonds is 4. The monoisotopic (exact) mass is 396 g/mol. The molecule has 0 fully saturated rings. The van der Waals surface area contributed by atoms with Crippen LogP contribution >= 0.6 is 0 Å². The summed E-state index contributed by atoms with van der Waals surface area (Å²) in [6, 6.07) is 6.04. The standard InChI is InChI=1S/C19H16F4N2O3/c1-10-24-18-12(4-3-5-13(18)20)14(9-17(26)27)25(10)15-8-11(19(21,22)23)6-7-16(15)28-2/h3-8,14H,9H2,1-2H3,(H,26,27). The minimum absolute atomic E-state index is 0.000244. The van der Waals surface area contributed by atoms with E-state index in [4.69, 9.17) is 4.74 Å². The van der Waals surface area contributed by atoms with Crippen LogP contribution in [0.4, 0.5) is 28.9 Å². The summed E-state index contributed by atoms with van der Waals surface area (Å²) in [6.45, 7) is 1.48. The van der Waals surface area contributed by atoms with Crippen LogP contribution in [0.2, 0.25) is 0 Å². The van der Waals surface area contributed by atoms with Gasteiger partial charge in [-0.1, -0.05) is 12.1 Å². The van der Waals surface area contributed by atoms with Crippen LogP contribution in [0.25, 0.3) is 0 Å². The van der Waals surface area contributed by atoms with E-state index < -0.39 is 36.0 Å². The number of aliphatic imine (C=N–C) groups is 1. The van der Waals surface area contributed by atoms with Crippen molar-refractivity contribution in [2.75, 3.05) is 12.0 Å². The molecule has 1 aliphatic rings. The van der Waals surface area contributed by atoms with Crippen LogP contribution in [-0.4, -0.2) is 24.0 Å². The van der Waals surface area contributed by atoms with Crippen molar-refractivity contribution < 1.29 is 32.2 Å². The predicted octanol–water partition coefficient (Wildman–Crippen LogP) is 4.94. The van der Waals surface area contributed by atoms with Crippen LogP contribution in [0.15, 0.2) is 41.4 Å². The fraction of sp³-hybridized carbons (Fsp3) is 0.263. The van der Waals surface area contributed by atoms with Crippen molar-refractivity contribution in [3.8, 4) is 5.75 Å². The van der Waals surface area contributed by atoms with Gasteiger partial charge in [0.25, 0.3) is 0 Å². The Bertz CT molecular complexity index is 957. The first kappa shape index (κ1) is 19.7. The lowest BCUT2D eigenvalue weighted by atomic mass is 9.96. The maximum Gasteiger partial charge on any atom is 0.416 e. The molecule has 2 aromatic carbocycles. The third-order valence-corrected chi connectivity index (χ3v) is 4.44. The molecule has 0 bridgehead atoms. The SMILES string of the molecule is COc1ccc(C(F)(F)F)cc1N1C(C)=Nc2c(F)cccc2C1CC(=O)O.